The molecule has 0 fully saturated rings. The molecular formula is C35H28BrN5O5. The van der Waals surface area contributed by atoms with Gasteiger partial charge in [-0.2, -0.15) is 0 Å². The highest BCUT2D eigenvalue weighted by Gasteiger charge is 2.22. The van der Waals surface area contributed by atoms with Gasteiger partial charge in [0.15, 0.2) is 11.7 Å². The molecule has 6 aromatic rings. The number of aromatic hydroxyl groups is 2. The van der Waals surface area contributed by atoms with Crippen molar-refractivity contribution in [2.75, 3.05) is 18.4 Å². The number of ketones is 1. The highest BCUT2D eigenvalue weighted by Crippen LogP contribution is 2.39. The third-order valence-corrected chi connectivity index (χ3v) is 8.53. The lowest BCUT2D eigenvalue weighted by molar-refractivity contribution is 0.0693. The number of nitrogens with one attached hydrogen (secondary N) is 2. The molecule has 7 rings (SSSR count). The van der Waals surface area contributed by atoms with E-state index in [-0.39, 0.29) is 34.8 Å². The quantitative estimate of drug-likeness (QED) is 0.126. The van der Waals surface area contributed by atoms with Gasteiger partial charge in [-0.25, -0.2) is 4.79 Å². The molecule has 0 aliphatic carbocycles. The van der Waals surface area contributed by atoms with Crippen molar-refractivity contribution in [1.82, 2.24) is 15.3 Å². The lowest BCUT2D eigenvalue weighted by Gasteiger charge is -2.16. The number of Topliss-reactive ketones (excluding diaryl/α,β-unsaturated/α-hetero) is 1. The predicted octanol–water partition coefficient (Wildman–Crippen LogP) is 6.66. The van der Waals surface area contributed by atoms with E-state index < -0.39 is 5.97 Å². The van der Waals surface area contributed by atoms with Crippen molar-refractivity contribution in [1.29, 1.82) is 0 Å². The first kappa shape index (κ1) is 30.5. The van der Waals surface area contributed by atoms with Gasteiger partial charge >= 0.3 is 5.97 Å². The highest BCUT2D eigenvalue weighted by atomic mass is 79.9. The second kappa shape index (κ2) is 12.8. The summed E-state index contributed by atoms with van der Waals surface area (Å²) in [5, 5.41) is 40.3. The lowest BCUT2D eigenvalue weighted by Crippen LogP contribution is -2.26. The van der Waals surface area contributed by atoms with Crippen molar-refractivity contribution in [3.8, 4) is 11.5 Å². The number of hydrogen-bond donors (Lipinski definition) is 5. The number of rotatable bonds is 5. The van der Waals surface area contributed by atoms with Gasteiger partial charge < -0.3 is 26.0 Å². The SMILES string of the molecule is Brc1c(NC2=NCCN2)ccc2nccnc12.CC(=O)c1cc2ccccc2c(Cc2c(O)c(C(=O)O)cc3ccccc23)c1O. The molecule has 0 amide bonds. The molecule has 46 heavy (non-hydrogen) atoms. The number of nitrogens with zero attached hydrogens (tertiary/aromatic N) is 3. The van der Waals surface area contributed by atoms with Crippen molar-refractivity contribution >= 4 is 71.9 Å². The van der Waals surface area contributed by atoms with Crippen molar-refractivity contribution in [2.45, 2.75) is 13.3 Å². The molecule has 5 aromatic carbocycles. The Balaban J connectivity index is 0.000000185. The van der Waals surface area contributed by atoms with Crippen LogP contribution in [0.5, 0.6) is 11.5 Å². The number of carbonyl (C=O) groups is 2. The fourth-order valence-electron chi connectivity index (χ4n) is 5.50. The van der Waals surface area contributed by atoms with Crippen molar-refractivity contribution in [3.05, 3.63) is 112 Å². The Hall–Kier alpha value is -5.55. The summed E-state index contributed by atoms with van der Waals surface area (Å²) < 4.78 is 0.902. The molecule has 10 nitrogen and oxygen atoms in total. The summed E-state index contributed by atoms with van der Waals surface area (Å²) in [5.74, 6) is -1.20. The number of aromatic carboxylic acids is 1. The summed E-state index contributed by atoms with van der Waals surface area (Å²) in [4.78, 5) is 36.5. The number of carboxylic acid groups (broad SMARTS) is 1. The molecule has 1 aliphatic heterocycles. The van der Waals surface area contributed by atoms with E-state index in [0.29, 0.717) is 21.9 Å². The molecule has 0 radical (unpaired) electrons. The third-order valence-electron chi connectivity index (χ3n) is 7.72. The molecule has 0 saturated heterocycles. The number of hydrogen-bond acceptors (Lipinski definition) is 9. The number of halogens is 1. The van der Waals surface area contributed by atoms with Crippen LogP contribution in [0.4, 0.5) is 5.69 Å². The molecular weight excluding hydrogens is 650 g/mol. The molecule has 11 heteroatoms. The monoisotopic (exact) mass is 677 g/mol. The summed E-state index contributed by atoms with van der Waals surface area (Å²) >= 11 is 3.54. The summed E-state index contributed by atoms with van der Waals surface area (Å²) in [7, 11) is 0. The first-order valence-corrected chi connectivity index (χ1v) is 15.2. The van der Waals surface area contributed by atoms with Gasteiger partial charge in [0, 0.05) is 36.5 Å². The van der Waals surface area contributed by atoms with Gasteiger partial charge in [-0.3, -0.25) is 19.8 Å². The van der Waals surface area contributed by atoms with E-state index in [2.05, 4.69) is 41.5 Å². The maximum atomic E-state index is 12.1. The molecule has 5 N–H and O–H groups in total. The standard InChI is InChI=1S/C24H18O5.C11H10BrN5/c1-13(25)18-10-14-6-2-4-8-16(14)19(22(18)26)12-20-17-9-5-3-7-15(17)11-21(23(20)27)24(28)29;12-9-7(17-11-15-5-6-16-11)1-2-8-10(9)14-4-3-13-8/h2-11,26-27H,12H2,1H3,(H,28,29);1-4H,5-6H2,(H2,15,16,17). The van der Waals surface area contributed by atoms with E-state index in [1.165, 1.54) is 13.0 Å². The molecule has 0 spiro atoms. The van der Waals surface area contributed by atoms with Gasteiger partial charge in [0.1, 0.15) is 22.6 Å². The smallest absolute Gasteiger partial charge is 0.339 e. The number of guanidine groups is 1. The Morgan fingerprint density at radius 3 is 2.09 bits per heavy atom. The minimum Gasteiger partial charge on any atom is -0.507 e. The number of fused-ring (bicyclic) bond motifs is 3. The van der Waals surface area contributed by atoms with Crippen LogP contribution in [0.25, 0.3) is 32.6 Å². The van der Waals surface area contributed by atoms with Crippen molar-refractivity contribution < 1.29 is 24.9 Å². The normalized spacial score (nSPS) is 12.3. The van der Waals surface area contributed by atoms with Gasteiger partial charge in [-0.15, -0.1) is 0 Å². The fraction of sp³-hybridized carbons (Fsp3) is 0.114. The van der Waals surface area contributed by atoms with Crippen LogP contribution in [0.15, 0.2) is 94.7 Å². The number of aliphatic imine (C=N–C) groups is 1. The predicted molar refractivity (Wildman–Crippen MR) is 182 cm³/mol. The van der Waals surface area contributed by atoms with Gasteiger partial charge in [-0.05, 0) is 68.7 Å². The molecule has 0 atom stereocenters. The Kier molecular flexibility index (Phi) is 8.49. The number of anilines is 1. The second-order valence-electron chi connectivity index (χ2n) is 10.6. The topological polar surface area (TPSA) is 157 Å². The first-order valence-electron chi connectivity index (χ1n) is 14.4. The molecule has 0 saturated carbocycles. The minimum atomic E-state index is -1.24. The molecule has 1 aliphatic rings. The first-order chi connectivity index (χ1) is 22.2. The number of carboxylic acids is 1. The zero-order valence-electron chi connectivity index (χ0n) is 24.6. The zero-order chi connectivity index (χ0) is 32.4. The fourth-order valence-corrected chi connectivity index (χ4v) is 6.03. The maximum Gasteiger partial charge on any atom is 0.339 e. The van der Waals surface area contributed by atoms with Gasteiger partial charge in [0.2, 0.25) is 0 Å². The number of aromatic nitrogens is 2. The molecule has 0 bridgehead atoms. The third kappa shape index (κ3) is 5.92. The van der Waals surface area contributed by atoms with Crippen LogP contribution in [-0.2, 0) is 6.42 Å². The largest absolute Gasteiger partial charge is 0.507 e. The molecule has 2 heterocycles. The highest BCUT2D eigenvalue weighted by molar-refractivity contribution is 9.10. The van der Waals surface area contributed by atoms with Gasteiger partial charge in [0.05, 0.1) is 27.8 Å². The molecule has 230 valence electrons. The van der Waals surface area contributed by atoms with Gasteiger partial charge in [-0.1, -0.05) is 48.5 Å². The average Bonchev–Trinajstić information content (AvgIpc) is 3.58. The van der Waals surface area contributed by atoms with E-state index >= 15 is 0 Å². The Labute approximate surface area is 271 Å². The van der Waals surface area contributed by atoms with Crippen LogP contribution in [0.3, 0.4) is 0 Å². The van der Waals surface area contributed by atoms with E-state index in [0.717, 1.165) is 51.0 Å². The Morgan fingerprint density at radius 2 is 1.48 bits per heavy atom. The minimum absolute atomic E-state index is 0.0704. The van der Waals surface area contributed by atoms with Crippen molar-refractivity contribution in [3.63, 3.8) is 0 Å². The maximum absolute atomic E-state index is 12.1. The molecule has 0 unspecified atom stereocenters. The van der Waals surface area contributed by atoms with E-state index in [1.807, 2.05) is 36.4 Å². The van der Waals surface area contributed by atoms with Crippen LogP contribution >= 0.6 is 15.9 Å². The Bertz CT molecular complexity index is 2100. The molecule has 1 aromatic heterocycles. The number of phenolic OH excluding ortho intramolecular Hbond substituents is 1. The van der Waals surface area contributed by atoms with E-state index in [4.69, 9.17) is 0 Å². The van der Waals surface area contributed by atoms with Crippen LogP contribution in [0, 0.1) is 0 Å². The van der Waals surface area contributed by atoms with Crippen molar-refractivity contribution in [2.24, 2.45) is 4.99 Å². The van der Waals surface area contributed by atoms with E-state index in [9.17, 15) is 24.9 Å². The van der Waals surface area contributed by atoms with Crippen LogP contribution < -0.4 is 10.6 Å². The summed E-state index contributed by atoms with van der Waals surface area (Å²) in [6.07, 6.45) is 3.44. The summed E-state index contributed by atoms with van der Waals surface area (Å²) in [5.41, 5.74) is 3.49. The Morgan fingerprint density at radius 1 is 0.870 bits per heavy atom. The summed E-state index contributed by atoms with van der Waals surface area (Å²) in [6.45, 7) is 3.08. The van der Waals surface area contributed by atoms with Crippen LogP contribution in [-0.4, -0.2) is 56.1 Å². The summed E-state index contributed by atoms with van der Waals surface area (Å²) in [6, 6.07) is 21.5. The second-order valence-corrected chi connectivity index (χ2v) is 11.4. The van der Waals surface area contributed by atoms with E-state index in [1.54, 1.807) is 42.7 Å². The van der Waals surface area contributed by atoms with Crippen LogP contribution in [0.2, 0.25) is 0 Å². The lowest BCUT2D eigenvalue weighted by atomic mass is 9.90. The average molecular weight is 679 g/mol. The van der Waals surface area contributed by atoms with Gasteiger partial charge in [0.25, 0.3) is 0 Å². The number of phenols is 2. The van der Waals surface area contributed by atoms with Crippen LogP contribution in [0.1, 0.15) is 38.8 Å². The number of carbonyl (C=O) groups excluding carboxylic acids is 1. The zero-order valence-corrected chi connectivity index (χ0v) is 26.2. The number of benzene rings is 5.